The molecule has 29 heavy (non-hydrogen) atoms. The number of carbonyl (C=O) groups is 1. The van der Waals surface area contributed by atoms with Gasteiger partial charge in [-0.25, -0.2) is 8.42 Å². The molecule has 0 N–H and O–H groups in total. The number of hydrogen-bond donors (Lipinski definition) is 0. The van der Waals surface area contributed by atoms with Crippen LogP contribution in [0.15, 0.2) is 41.3 Å². The van der Waals surface area contributed by atoms with Gasteiger partial charge in [0, 0.05) is 31.7 Å². The normalized spacial score (nSPS) is 16.0. The van der Waals surface area contributed by atoms with E-state index in [-0.39, 0.29) is 11.8 Å². The van der Waals surface area contributed by atoms with Crippen LogP contribution >= 0.6 is 0 Å². The monoisotopic (exact) mass is 414 g/mol. The Morgan fingerprint density at radius 2 is 1.45 bits per heavy atom. The number of benzene rings is 2. The molecular formula is C23H30N2O3S. The summed E-state index contributed by atoms with van der Waals surface area (Å²) in [4.78, 5) is 15.0. The predicted molar refractivity (Wildman–Crippen MR) is 117 cm³/mol. The van der Waals surface area contributed by atoms with Crippen molar-refractivity contribution < 1.29 is 13.2 Å². The maximum Gasteiger partial charge on any atom is 0.243 e. The molecule has 3 rings (SSSR count). The molecule has 1 heterocycles. The van der Waals surface area contributed by atoms with Crippen molar-refractivity contribution >= 4 is 21.6 Å². The molecule has 156 valence electrons. The summed E-state index contributed by atoms with van der Waals surface area (Å²) < 4.78 is 28.0. The highest BCUT2D eigenvalue weighted by atomic mass is 32.2. The van der Waals surface area contributed by atoms with Gasteiger partial charge >= 0.3 is 0 Å². The molecular weight excluding hydrogens is 384 g/mol. The number of amides is 1. The summed E-state index contributed by atoms with van der Waals surface area (Å²) in [6.07, 6.45) is 1.08. The quantitative estimate of drug-likeness (QED) is 0.760. The topological polar surface area (TPSA) is 57.7 Å². The minimum atomic E-state index is -3.56. The van der Waals surface area contributed by atoms with E-state index in [0.717, 1.165) is 27.9 Å². The van der Waals surface area contributed by atoms with Gasteiger partial charge in [-0.1, -0.05) is 35.4 Å². The summed E-state index contributed by atoms with van der Waals surface area (Å²) >= 11 is 0. The lowest BCUT2D eigenvalue weighted by atomic mass is 9.96. The maximum atomic E-state index is 13.2. The average molecular weight is 415 g/mol. The minimum absolute atomic E-state index is 0.0496. The second-order valence-electron chi connectivity index (χ2n) is 8.14. The summed E-state index contributed by atoms with van der Waals surface area (Å²) in [6.45, 7) is 8.41. The van der Waals surface area contributed by atoms with E-state index in [4.69, 9.17) is 0 Å². The number of rotatable bonds is 4. The molecule has 0 saturated carbocycles. The minimum Gasteiger partial charge on any atom is -0.315 e. The van der Waals surface area contributed by atoms with Crippen LogP contribution in [0.3, 0.4) is 0 Å². The SMILES string of the molecule is Cc1ccc(N(C)C(=O)C2CCN(S(=O)(=O)c3c(C)cc(C)cc3C)CC2)cc1. The average Bonchev–Trinajstić information content (AvgIpc) is 2.66. The first-order valence-corrected chi connectivity index (χ1v) is 11.5. The molecule has 0 radical (unpaired) electrons. The predicted octanol–water partition coefficient (Wildman–Crippen LogP) is 3.98. The van der Waals surface area contributed by atoms with Crippen LogP contribution in [0.1, 0.15) is 35.1 Å². The van der Waals surface area contributed by atoms with Gasteiger partial charge in [0.05, 0.1) is 4.90 Å². The largest absolute Gasteiger partial charge is 0.315 e. The summed E-state index contributed by atoms with van der Waals surface area (Å²) in [5, 5.41) is 0. The van der Waals surface area contributed by atoms with Crippen LogP contribution in [0.4, 0.5) is 5.69 Å². The highest BCUT2D eigenvalue weighted by Gasteiger charge is 2.34. The van der Waals surface area contributed by atoms with Gasteiger partial charge in [0.25, 0.3) is 0 Å². The lowest BCUT2D eigenvalue weighted by molar-refractivity contribution is -0.123. The van der Waals surface area contributed by atoms with Gasteiger partial charge < -0.3 is 4.90 Å². The Hall–Kier alpha value is -2.18. The number of carbonyl (C=O) groups excluding carboxylic acids is 1. The Bertz CT molecular complexity index is 982. The molecule has 0 spiro atoms. The van der Waals surface area contributed by atoms with E-state index >= 15 is 0 Å². The van der Waals surface area contributed by atoms with E-state index in [1.807, 2.05) is 64.1 Å². The molecule has 2 aromatic rings. The van der Waals surface area contributed by atoms with Crippen molar-refractivity contribution in [3.63, 3.8) is 0 Å². The van der Waals surface area contributed by atoms with Crippen LogP contribution in [-0.2, 0) is 14.8 Å². The molecule has 0 atom stereocenters. The van der Waals surface area contributed by atoms with E-state index in [1.54, 1.807) is 11.9 Å². The first-order valence-electron chi connectivity index (χ1n) is 10.0. The molecule has 1 saturated heterocycles. The number of piperidine rings is 1. The van der Waals surface area contributed by atoms with Crippen LogP contribution in [0.2, 0.25) is 0 Å². The van der Waals surface area contributed by atoms with Crippen molar-refractivity contribution in [2.24, 2.45) is 5.92 Å². The summed E-state index contributed by atoms with van der Waals surface area (Å²) in [5.74, 6) is -0.110. The molecule has 2 aromatic carbocycles. The third kappa shape index (κ3) is 4.38. The number of nitrogens with zero attached hydrogens (tertiary/aromatic N) is 2. The maximum absolute atomic E-state index is 13.2. The zero-order valence-corrected chi connectivity index (χ0v) is 18.7. The van der Waals surface area contributed by atoms with Crippen LogP contribution in [0.5, 0.6) is 0 Å². The van der Waals surface area contributed by atoms with Gasteiger partial charge in [-0.05, 0) is 63.8 Å². The molecule has 0 aliphatic carbocycles. The van der Waals surface area contributed by atoms with Crippen molar-refractivity contribution in [2.75, 3.05) is 25.0 Å². The van der Waals surface area contributed by atoms with Crippen molar-refractivity contribution in [1.82, 2.24) is 4.31 Å². The first-order chi connectivity index (χ1) is 13.6. The molecule has 1 aliphatic rings. The number of hydrogen-bond acceptors (Lipinski definition) is 3. The van der Waals surface area contributed by atoms with E-state index in [0.29, 0.717) is 30.8 Å². The Balaban J connectivity index is 1.71. The Morgan fingerprint density at radius 1 is 0.931 bits per heavy atom. The number of anilines is 1. The van der Waals surface area contributed by atoms with Crippen LogP contribution in [0, 0.1) is 33.6 Å². The van der Waals surface area contributed by atoms with Crippen molar-refractivity contribution in [3.05, 3.63) is 58.7 Å². The molecule has 6 heteroatoms. The Morgan fingerprint density at radius 3 is 1.97 bits per heavy atom. The molecule has 5 nitrogen and oxygen atoms in total. The zero-order valence-electron chi connectivity index (χ0n) is 17.9. The van der Waals surface area contributed by atoms with Crippen LogP contribution in [0.25, 0.3) is 0 Å². The van der Waals surface area contributed by atoms with Crippen LogP contribution < -0.4 is 4.90 Å². The van der Waals surface area contributed by atoms with E-state index in [1.165, 1.54) is 4.31 Å². The molecule has 1 fully saturated rings. The third-order valence-electron chi connectivity index (χ3n) is 5.76. The highest BCUT2D eigenvalue weighted by molar-refractivity contribution is 7.89. The second-order valence-corrected chi connectivity index (χ2v) is 10.0. The fraction of sp³-hybridized carbons (Fsp3) is 0.435. The molecule has 0 aromatic heterocycles. The van der Waals surface area contributed by atoms with Gasteiger partial charge in [0.2, 0.25) is 15.9 Å². The van der Waals surface area contributed by atoms with Gasteiger partial charge in [-0.2, -0.15) is 4.31 Å². The van der Waals surface area contributed by atoms with Crippen molar-refractivity contribution in [1.29, 1.82) is 0 Å². The standard InChI is InChI=1S/C23H30N2O3S/c1-16-6-8-21(9-7-16)24(5)23(26)20-10-12-25(13-11-20)29(27,28)22-18(3)14-17(2)15-19(22)4/h6-9,14-15,20H,10-13H2,1-5H3. The van der Waals surface area contributed by atoms with Gasteiger partial charge in [-0.15, -0.1) is 0 Å². The molecule has 0 bridgehead atoms. The van der Waals surface area contributed by atoms with Gasteiger partial charge in [0.1, 0.15) is 0 Å². The van der Waals surface area contributed by atoms with Crippen molar-refractivity contribution in [3.8, 4) is 0 Å². The summed E-state index contributed by atoms with van der Waals surface area (Å²) in [7, 11) is -1.77. The fourth-order valence-electron chi connectivity index (χ4n) is 4.22. The van der Waals surface area contributed by atoms with Gasteiger partial charge in [0.15, 0.2) is 0 Å². The van der Waals surface area contributed by atoms with Crippen LogP contribution in [-0.4, -0.2) is 38.8 Å². The Kier molecular flexibility index (Phi) is 6.15. The summed E-state index contributed by atoms with van der Waals surface area (Å²) in [5.41, 5.74) is 4.62. The summed E-state index contributed by atoms with van der Waals surface area (Å²) in [6, 6.07) is 11.7. The Labute approximate surface area is 174 Å². The highest BCUT2D eigenvalue weighted by Crippen LogP contribution is 2.30. The number of sulfonamides is 1. The van der Waals surface area contributed by atoms with Crippen molar-refractivity contribution in [2.45, 2.75) is 45.4 Å². The third-order valence-corrected chi connectivity index (χ3v) is 7.96. The van der Waals surface area contributed by atoms with E-state index < -0.39 is 10.0 Å². The van der Waals surface area contributed by atoms with E-state index in [9.17, 15) is 13.2 Å². The van der Waals surface area contributed by atoms with Gasteiger partial charge in [-0.3, -0.25) is 4.79 Å². The second kappa shape index (κ2) is 8.28. The fourth-order valence-corrected chi connectivity index (χ4v) is 6.10. The molecule has 0 unspecified atom stereocenters. The lowest BCUT2D eigenvalue weighted by Gasteiger charge is -2.33. The first kappa shape index (κ1) is 21.5. The molecule has 1 aliphatic heterocycles. The van der Waals surface area contributed by atoms with E-state index in [2.05, 4.69) is 0 Å². The number of aryl methyl sites for hydroxylation is 4. The molecule has 1 amide bonds. The smallest absolute Gasteiger partial charge is 0.243 e. The lowest BCUT2D eigenvalue weighted by Crippen LogP contribution is -2.43. The zero-order chi connectivity index (χ0) is 21.3.